The fraction of sp³-hybridized carbons (Fsp3) is 0.154. The first-order valence-corrected chi connectivity index (χ1v) is 5.32. The van der Waals surface area contributed by atoms with E-state index in [1.807, 2.05) is 0 Å². The Kier molecular flexibility index (Phi) is 3.84. The fourth-order valence-corrected chi connectivity index (χ4v) is 1.47. The quantitative estimate of drug-likeness (QED) is 0.907. The molecule has 0 radical (unpaired) electrons. The highest BCUT2D eigenvalue weighted by Gasteiger charge is 2.08. The van der Waals surface area contributed by atoms with Crippen LogP contribution < -0.4 is 4.74 Å². The molecule has 94 valence electrons. The van der Waals surface area contributed by atoms with Crippen molar-refractivity contribution in [2.75, 3.05) is 0 Å². The summed E-state index contributed by atoms with van der Waals surface area (Å²) in [5, 5.41) is 9.03. The number of hydrogen-bond donors (Lipinski definition) is 1. The molecule has 0 amide bonds. The Morgan fingerprint density at radius 1 is 1.17 bits per heavy atom. The van der Waals surface area contributed by atoms with Crippen molar-refractivity contribution in [2.24, 2.45) is 0 Å². The lowest BCUT2D eigenvalue weighted by molar-refractivity contribution is 0.249. The zero-order valence-electron chi connectivity index (χ0n) is 9.44. The smallest absolute Gasteiger partial charge is 0.219 e. The van der Waals surface area contributed by atoms with E-state index in [1.54, 1.807) is 18.2 Å². The molecule has 1 N–H and O–H groups in total. The predicted molar refractivity (Wildman–Crippen MR) is 60.8 cm³/mol. The van der Waals surface area contributed by atoms with Gasteiger partial charge in [-0.05, 0) is 12.1 Å². The molecular formula is C13H11F2NO2. The first-order chi connectivity index (χ1) is 8.70. The van der Waals surface area contributed by atoms with Crippen LogP contribution in [0.25, 0.3) is 0 Å². The Bertz CT molecular complexity index is 546. The lowest BCUT2D eigenvalue weighted by Crippen LogP contribution is -2.03. The number of rotatable bonds is 4. The molecule has 1 aromatic carbocycles. The van der Waals surface area contributed by atoms with Crippen molar-refractivity contribution in [3.8, 4) is 5.88 Å². The molecule has 5 heteroatoms. The van der Waals surface area contributed by atoms with Crippen LogP contribution in [0.5, 0.6) is 5.88 Å². The van der Waals surface area contributed by atoms with Crippen LogP contribution in [-0.2, 0) is 13.2 Å². The van der Waals surface area contributed by atoms with Crippen molar-refractivity contribution in [1.29, 1.82) is 0 Å². The molecule has 2 rings (SSSR count). The third kappa shape index (κ3) is 2.81. The summed E-state index contributed by atoms with van der Waals surface area (Å²) in [6.45, 7) is -0.421. The molecule has 0 spiro atoms. The molecule has 1 heterocycles. The topological polar surface area (TPSA) is 42.4 Å². The normalized spacial score (nSPS) is 10.4. The summed E-state index contributed by atoms with van der Waals surface area (Å²) in [6.07, 6.45) is 0.982. The van der Waals surface area contributed by atoms with Crippen LogP contribution in [0.2, 0.25) is 0 Å². The number of pyridine rings is 1. The Labute approximate surface area is 103 Å². The Balaban J connectivity index is 2.13. The first kappa shape index (κ1) is 12.4. The van der Waals surface area contributed by atoms with Gasteiger partial charge in [-0.1, -0.05) is 18.2 Å². The number of benzene rings is 1. The van der Waals surface area contributed by atoms with Crippen molar-refractivity contribution in [3.63, 3.8) is 0 Å². The van der Waals surface area contributed by atoms with Gasteiger partial charge in [0.05, 0.1) is 12.8 Å². The maximum Gasteiger partial charge on any atom is 0.219 e. The molecule has 0 aliphatic carbocycles. The van der Waals surface area contributed by atoms with E-state index in [9.17, 15) is 8.78 Å². The largest absolute Gasteiger partial charge is 0.472 e. The van der Waals surface area contributed by atoms with E-state index < -0.39 is 12.4 Å². The number of hydrogen-bond acceptors (Lipinski definition) is 3. The van der Waals surface area contributed by atoms with E-state index in [0.29, 0.717) is 5.56 Å². The van der Waals surface area contributed by atoms with Crippen LogP contribution in [0, 0.1) is 11.6 Å². The first-order valence-electron chi connectivity index (χ1n) is 5.32. The number of aliphatic hydroxyl groups is 1. The van der Waals surface area contributed by atoms with Crippen molar-refractivity contribution in [3.05, 3.63) is 59.3 Å². The second kappa shape index (κ2) is 5.55. The lowest BCUT2D eigenvalue weighted by Gasteiger charge is -2.09. The maximum absolute atomic E-state index is 13.3. The molecule has 1 aromatic heterocycles. The minimum atomic E-state index is -0.558. The Morgan fingerprint density at radius 3 is 2.67 bits per heavy atom. The molecule has 2 aromatic rings. The second-order valence-corrected chi connectivity index (χ2v) is 3.66. The molecule has 0 aliphatic heterocycles. The second-order valence-electron chi connectivity index (χ2n) is 3.66. The van der Waals surface area contributed by atoms with E-state index in [1.165, 1.54) is 6.07 Å². The van der Waals surface area contributed by atoms with E-state index in [0.717, 1.165) is 12.3 Å². The highest BCUT2D eigenvalue weighted by Crippen LogP contribution is 2.18. The van der Waals surface area contributed by atoms with Gasteiger partial charge in [0.1, 0.15) is 18.2 Å². The number of halogens is 2. The molecule has 0 bridgehead atoms. The molecule has 0 unspecified atom stereocenters. The van der Waals surface area contributed by atoms with E-state index in [4.69, 9.17) is 9.84 Å². The van der Waals surface area contributed by atoms with Crippen molar-refractivity contribution >= 4 is 0 Å². The number of ether oxygens (including phenoxy) is 1. The zero-order chi connectivity index (χ0) is 13.0. The maximum atomic E-state index is 13.3. The summed E-state index contributed by atoms with van der Waals surface area (Å²) in [4.78, 5) is 3.71. The van der Waals surface area contributed by atoms with Gasteiger partial charge in [-0.3, -0.25) is 0 Å². The van der Waals surface area contributed by atoms with E-state index >= 15 is 0 Å². The molecule has 0 aliphatic rings. The van der Waals surface area contributed by atoms with Crippen LogP contribution >= 0.6 is 0 Å². The summed E-state index contributed by atoms with van der Waals surface area (Å²) in [5.74, 6) is -0.843. The number of aromatic nitrogens is 1. The SMILES string of the molecule is OCc1cc(F)cnc1OCc1ccccc1F. The van der Waals surface area contributed by atoms with Crippen LogP contribution in [0.1, 0.15) is 11.1 Å². The summed E-state index contributed by atoms with van der Waals surface area (Å²) in [7, 11) is 0. The van der Waals surface area contributed by atoms with E-state index in [-0.39, 0.29) is 23.9 Å². The van der Waals surface area contributed by atoms with Gasteiger partial charge in [0.25, 0.3) is 0 Å². The molecule has 0 saturated carbocycles. The third-order valence-electron chi connectivity index (χ3n) is 2.38. The van der Waals surface area contributed by atoms with Gasteiger partial charge in [0.2, 0.25) is 5.88 Å². The van der Waals surface area contributed by atoms with Gasteiger partial charge in [-0.15, -0.1) is 0 Å². The predicted octanol–water partition coefficient (Wildman–Crippen LogP) is 2.43. The lowest BCUT2D eigenvalue weighted by atomic mass is 10.2. The van der Waals surface area contributed by atoms with Crippen LogP contribution in [0.15, 0.2) is 36.5 Å². The summed E-state index contributed by atoms with van der Waals surface area (Å²) >= 11 is 0. The van der Waals surface area contributed by atoms with Crippen molar-refractivity contribution in [1.82, 2.24) is 4.98 Å². The molecule has 3 nitrogen and oxygen atoms in total. The zero-order valence-corrected chi connectivity index (χ0v) is 9.44. The number of aliphatic hydroxyl groups excluding tert-OH is 1. The monoisotopic (exact) mass is 251 g/mol. The summed E-state index contributed by atoms with van der Waals surface area (Å²) < 4.78 is 31.5. The highest BCUT2D eigenvalue weighted by molar-refractivity contribution is 5.26. The van der Waals surface area contributed by atoms with E-state index in [2.05, 4.69) is 4.98 Å². The average Bonchev–Trinajstić information content (AvgIpc) is 2.39. The summed E-state index contributed by atoms with van der Waals surface area (Å²) in [5.41, 5.74) is 0.596. The van der Waals surface area contributed by atoms with Crippen LogP contribution in [0.3, 0.4) is 0 Å². The van der Waals surface area contributed by atoms with Gasteiger partial charge in [-0.25, -0.2) is 13.8 Å². The Morgan fingerprint density at radius 2 is 1.94 bits per heavy atom. The molecule has 0 atom stereocenters. The van der Waals surface area contributed by atoms with Crippen LogP contribution in [-0.4, -0.2) is 10.1 Å². The van der Waals surface area contributed by atoms with Gasteiger partial charge in [0, 0.05) is 11.1 Å². The standard InChI is InChI=1S/C13H11F2NO2/c14-11-5-10(7-17)13(16-6-11)18-8-9-3-1-2-4-12(9)15/h1-6,17H,7-8H2. The van der Waals surface area contributed by atoms with Crippen molar-refractivity contribution in [2.45, 2.75) is 13.2 Å². The summed E-state index contributed by atoms with van der Waals surface area (Å²) in [6, 6.07) is 7.30. The molecule has 0 fully saturated rings. The fourth-order valence-electron chi connectivity index (χ4n) is 1.47. The average molecular weight is 251 g/mol. The highest BCUT2D eigenvalue weighted by atomic mass is 19.1. The minimum absolute atomic E-state index is 0.0295. The van der Waals surface area contributed by atoms with Gasteiger partial charge in [0.15, 0.2) is 0 Å². The molecule has 18 heavy (non-hydrogen) atoms. The van der Waals surface area contributed by atoms with Crippen LogP contribution in [0.4, 0.5) is 8.78 Å². The third-order valence-corrected chi connectivity index (χ3v) is 2.38. The Hall–Kier alpha value is -2.01. The minimum Gasteiger partial charge on any atom is -0.472 e. The molecular weight excluding hydrogens is 240 g/mol. The molecule has 0 saturated heterocycles. The van der Waals surface area contributed by atoms with Gasteiger partial charge in [-0.2, -0.15) is 0 Å². The van der Waals surface area contributed by atoms with Gasteiger partial charge >= 0.3 is 0 Å². The number of nitrogens with zero attached hydrogens (tertiary/aromatic N) is 1. The van der Waals surface area contributed by atoms with Gasteiger partial charge < -0.3 is 9.84 Å². The van der Waals surface area contributed by atoms with Crippen molar-refractivity contribution < 1.29 is 18.6 Å².